The highest BCUT2D eigenvalue weighted by molar-refractivity contribution is 5.79. The van der Waals surface area contributed by atoms with Gasteiger partial charge in [-0.25, -0.2) is 0 Å². The maximum absolute atomic E-state index is 12.5. The smallest absolute Gasteiger partial charge is 0.223 e. The van der Waals surface area contributed by atoms with E-state index < -0.39 is 0 Å². The molecule has 0 bridgehead atoms. The van der Waals surface area contributed by atoms with Crippen LogP contribution >= 0.6 is 0 Å². The molecule has 0 spiro atoms. The molecule has 3 rings (SSSR count). The van der Waals surface area contributed by atoms with Crippen molar-refractivity contribution in [1.82, 2.24) is 10.6 Å². The van der Waals surface area contributed by atoms with Crippen molar-refractivity contribution < 1.29 is 9.59 Å². The van der Waals surface area contributed by atoms with Crippen molar-refractivity contribution in [3.05, 3.63) is 0 Å². The highest BCUT2D eigenvalue weighted by atomic mass is 16.2. The highest BCUT2D eigenvalue weighted by Crippen LogP contribution is 2.26. The van der Waals surface area contributed by atoms with Crippen molar-refractivity contribution in [3.8, 4) is 0 Å². The third-order valence-electron chi connectivity index (χ3n) is 6.65. The molecule has 3 aliphatic rings. The highest BCUT2D eigenvalue weighted by Gasteiger charge is 2.31. The topological polar surface area (TPSA) is 110 Å². The molecular weight excluding hydrogens is 328 g/mol. The van der Waals surface area contributed by atoms with E-state index in [1.807, 2.05) is 0 Å². The number of amides is 2. The Bertz CT molecular complexity index is 440. The summed E-state index contributed by atoms with van der Waals surface area (Å²) in [5.41, 5.74) is 11.9. The molecule has 6 N–H and O–H groups in total. The van der Waals surface area contributed by atoms with E-state index in [-0.39, 0.29) is 47.8 Å². The first-order valence-corrected chi connectivity index (χ1v) is 10.6. The van der Waals surface area contributed by atoms with Gasteiger partial charge in [0.1, 0.15) is 0 Å². The maximum atomic E-state index is 12.5. The van der Waals surface area contributed by atoms with Crippen molar-refractivity contribution in [3.63, 3.8) is 0 Å². The van der Waals surface area contributed by atoms with Crippen LogP contribution in [0.5, 0.6) is 0 Å². The van der Waals surface area contributed by atoms with E-state index >= 15 is 0 Å². The largest absolute Gasteiger partial charge is 0.353 e. The van der Waals surface area contributed by atoms with Crippen LogP contribution in [-0.2, 0) is 9.59 Å². The summed E-state index contributed by atoms with van der Waals surface area (Å²) < 4.78 is 0. The van der Waals surface area contributed by atoms with Crippen LogP contribution in [0.4, 0.5) is 0 Å². The molecule has 6 heteroatoms. The number of carbonyl (C=O) groups is 2. The first-order valence-electron chi connectivity index (χ1n) is 10.6. The Morgan fingerprint density at radius 1 is 0.615 bits per heavy atom. The van der Waals surface area contributed by atoms with E-state index in [1.165, 1.54) is 0 Å². The van der Waals surface area contributed by atoms with Gasteiger partial charge in [-0.2, -0.15) is 0 Å². The normalized spacial score (nSPS) is 38.4. The summed E-state index contributed by atoms with van der Waals surface area (Å²) in [5, 5.41) is 6.49. The molecule has 2 unspecified atom stereocenters. The number of hydrogen-bond donors (Lipinski definition) is 4. The number of rotatable bonds is 4. The van der Waals surface area contributed by atoms with Gasteiger partial charge < -0.3 is 22.1 Å². The van der Waals surface area contributed by atoms with Gasteiger partial charge in [0, 0.05) is 36.0 Å². The number of hydrogen-bond acceptors (Lipinski definition) is 4. The van der Waals surface area contributed by atoms with Crippen LogP contribution < -0.4 is 22.1 Å². The number of nitrogens with one attached hydrogen (secondary N) is 2. The zero-order chi connectivity index (χ0) is 18.5. The van der Waals surface area contributed by atoms with Crippen LogP contribution in [-0.4, -0.2) is 36.0 Å². The lowest BCUT2D eigenvalue weighted by Crippen LogP contribution is -2.49. The van der Waals surface area contributed by atoms with Gasteiger partial charge >= 0.3 is 0 Å². The molecule has 3 saturated carbocycles. The summed E-state index contributed by atoms with van der Waals surface area (Å²) >= 11 is 0. The molecule has 0 aromatic rings. The molecule has 3 fully saturated rings. The van der Waals surface area contributed by atoms with Gasteiger partial charge in [-0.15, -0.1) is 0 Å². The summed E-state index contributed by atoms with van der Waals surface area (Å²) in [5.74, 6) is 0.623. The minimum absolute atomic E-state index is 0.121. The summed E-state index contributed by atoms with van der Waals surface area (Å²) in [4.78, 5) is 25.1. The molecule has 0 aromatic carbocycles. The Kier molecular flexibility index (Phi) is 6.92. The van der Waals surface area contributed by atoms with Gasteiger partial charge in [-0.05, 0) is 77.0 Å². The Morgan fingerprint density at radius 2 is 1.00 bits per heavy atom. The van der Waals surface area contributed by atoms with Gasteiger partial charge in [-0.1, -0.05) is 0 Å². The van der Waals surface area contributed by atoms with Crippen LogP contribution in [0, 0.1) is 11.8 Å². The number of nitrogens with two attached hydrogens (primary N) is 2. The molecule has 3 aliphatic carbocycles. The predicted molar refractivity (Wildman–Crippen MR) is 102 cm³/mol. The van der Waals surface area contributed by atoms with E-state index in [0.29, 0.717) is 0 Å². The van der Waals surface area contributed by atoms with Gasteiger partial charge in [0.05, 0.1) is 0 Å². The Balaban J connectivity index is 1.42. The zero-order valence-corrected chi connectivity index (χ0v) is 15.9. The van der Waals surface area contributed by atoms with Crippen molar-refractivity contribution in [2.24, 2.45) is 23.3 Å². The lowest BCUT2D eigenvalue weighted by molar-refractivity contribution is -0.127. The van der Waals surface area contributed by atoms with Crippen LogP contribution in [0.3, 0.4) is 0 Å². The molecule has 148 valence electrons. The Labute approximate surface area is 157 Å². The average Bonchev–Trinajstić information content (AvgIpc) is 2.63. The molecule has 0 heterocycles. The summed E-state index contributed by atoms with van der Waals surface area (Å²) in [6.07, 6.45) is 11.4. The van der Waals surface area contributed by atoms with E-state index in [4.69, 9.17) is 11.5 Å². The van der Waals surface area contributed by atoms with Gasteiger partial charge in [0.25, 0.3) is 0 Å². The predicted octanol–water partition coefficient (Wildman–Crippen LogP) is 1.57. The van der Waals surface area contributed by atoms with Crippen LogP contribution in [0.25, 0.3) is 0 Å². The van der Waals surface area contributed by atoms with Crippen LogP contribution in [0.15, 0.2) is 0 Å². The van der Waals surface area contributed by atoms with Gasteiger partial charge in [0.15, 0.2) is 0 Å². The Morgan fingerprint density at radius 3 is 1.38 bits per heavy atom. The van der Waals surface area contributed by atoms with Crippen LogP contribution in [0.1, 0.15) is 77.0 Å². The monoisotopic (exact) mass is 364 g/mol. The summed E-state index contributed by atoms with van der Waals surface area (Å²) in [6, 6.07) is 0.916. The van der Waals surface area contributed by atoms with E-state index in [1.54, 1.807) is 0 Å². The lowest BCUT2D eigenvalue weighted by Gasteiger charge is -2.34. The molecule has 0 radical (unpaired) electrons. The minimum Gasteiger partial charge on any atom is -0.353 e. The molecule has 2 amide bonds. The fourth-order valence-corrected chi connectivity index (χ4v) is 4.85. The van der Waals surface area contributed by atoms with Crippen LogP contribution in [0.2, 0.25) is 0 Å². The molecule has 0 aromatic heterocycles. The second kappa shape index (κ2) is 9.18. The number of carbonyl (C=O) groups excluding carboxylic acids is 2. The molecule has 0 aliphatic heterocycles. The Hall–Kier alpha value is -1.14. The molecular formula is C20H36N4O2. The van der Waals surface area contributed by atoms with Crippen molar-refractivity contribution >= 4 is 11.8 Å². The maximum Gasteiger partial charge on any atom is 0.223 e. The zero-order valence-electron chi connectivity index (χ0n) is 15.9. The molecule has 26 heavy (non-hydrogen) atoms. The van der Waals surface area contributed by atoms with Crippen molar-refractivity contribution in [1.29, 1.82) is 0 Å². The van der Waals surface area contributed by atoms with E-state index in [2.05, 4.69) is 10.6 Å². The first-order chi connectivity index (χ1) is 12.5. The van der Waals surface area contributed by atoms with Gasteiger partial charge in [-0.3, -0.25) is 9.59 Å². The van der Waals surface area contributed by atoms with Crippen molar-refractivity contribution in [2.75, 3.05) is 0 Å². The summed E-state index contributed by atoms with van der Waals surface area (Å²) in [7, 11) is 0. The average molecular weight is 365 g/mol. The molecule has 6 nitrogen and oxygen atoms in total. The quantitative estimate of drug-likeness (QED) is 0.607. The SMILES string of the molecule is NC1CCC(C(=O)NC2CCCC(NC(=O)C3CCC(N)CC3)C2)CC1. The van der Waals surface area contributed by atoms with E-state index in [0.717, 1.165) is 77.0 Å². The summed E-state index contributed by atoms with van der Waals surface area (Å²) in [6.45, 7) is 0. The third-order valence-corrected chi connectivity index (χ3v) is 6.65. The standard InChI is InChI=1S/C20H36N4O2/c21-15-8-4-13(5-9-15)19(25)23-17-2-1-3-18(12-17)24-20(26)14-6-10-16(22)11-7-14/h13-18H,1-12,21-22H2,(H,23,25)(H,24,26). The fraction of sp³-hybridized carbons (Fsp3) is 0.900. The fourth-order valence-electron chi connectivity index (χ4n) is 4.85. The first kappa shape index (κ1) is 19.6. The lowest BCUT2D eigenvalue weighted by atomic mass is 9.84. The minimum atomic E-state index is 0.121. The van der Waals surface area contributed by atoms with Crippen molar-refractivity contribution in [2.45, 2.75) is 101 Å². The molecule has 0 saturated heterocycles. The van der Waals surface area contributed by atoms with Gasteiger partial charge in [0.2, 0.25) is 11.8 Å². The molecule has 2 atom stereocenters. The third kappa shape index (κ3) is 5.43. The second-order valence-corrected chi connectivity index (χ2v) is 8.80. The second-order valence-electron chi connectivity index (χ2n) is 8.80. The van der Waals surface area contributed by atoms with E-state index in [9.17, 15) is 9.59 Å².